The first kappa shape index (κ1) is 12.7. The molecule has 1 aromatic heterocycles. The molecule has 19 heavy (non-hydrogen) atoms. The highest BCUT2D eigenvalue weighted by atomic mass is 79.9. The Morgan fingerprint density at radius 3 is 2.95 bits per heavy atom. The topological polar surface area (TPSA) is 55.0 Å². The van der Waals surface area contributed by atoms with Gasteiger partial charge in [-0.2, -0.15) is 0 Å². The molecule has 0 radical (unpaired) electrons. The first-order valence-corrected chi connectivity index (χ1v) is 7.10. The van der Waals surface area contributed by atoms with Gasteiger partial charge in [-0.25, -0.2) is 9.97 Å². The maximum absolute atomic E-state index is 6.04. The molecule has 0 atom stereocenters. The van der Waals surface area contributed by atoms with E-state index in [9.17, 15) is 0 Å². The number of aromatic nitrogens is 2. The first-order valence-electron chi connectivity index (χ1n) is 5.93. The number of nitrogens with zero attached hydrogens (tertiary/aromatic N) is 3. The first-order chi connectivity index (χ1) is 9.15. The van der Waals surface area contributed by atoms with Gasteiger partial charge in [0.15, 0.2) is 0 Å². The van der Waals surface area contributed by atoms with Crippen molar-refractivity contribution in [3.8, 4) is 0 Å². The van der Waals surface area contributed by atoms with Crippen molar-refractivity contribution in [2.75, 3.05) is 17.2 Å². The molecule has 0 bridgehead atoms. The predicted octanol–water partition coefficient (Wildman–Crippen LogP) is 3.04. The number of hydrogen-bond acceptors (Lipinski definition) is 4. The monoisotopic (exact) mass is 338 g/mol. The zero-order valence-electron chi connectivity index (χ0n) is 10.1. The van der Waals surface area contributed by atoms with Gasteiger partial charge in [-0.15, -0.1) is 0 Å². The van der Waals surface area contributed by atoms with Gasteiger partial charge in [-0.1, -0.05) is 11.6 Å². The summed E-state index contributed by atoms with van der Waals surface area (Å²) < 4.78 is 0.856. The fourth-order valence-electron chi connectivity index (χ4n) is 2.33. The van der Waals surface area contributed by atoms with Crippen LogP contribution in [0.15, 0.2) is 29.1 Å². The van der Waals surface area contributed by atoms with E-state index in [1.165, 1.54) is 0 Å². The molecule has 2 N–H and O–H groups in total. The van der Waals surface area contributed by atoms with E-state index >= 15 is 0 Å². The molecular weight excluding hydrogens is 328 g/mol. The fraction of sp³-hybridized carbons (Fsp3) is 0.231. The Balaban J connectivity index is 1.95. The van der Waals surface area contributed by atoms with Crippen molar-refractivity contribution in [3.05, 3.63) is 45.4 Å². The lowest BCUT2D eigenvalue weighted by Gasteiger charge is -2.31. The minimum Gasteiger partial charge on any atom is -0.397 e. The van der Waals surface area contributed by atoms with Crippen molar-refractivity contribution in [1.82, 2.24) is 9.97 Å². The Morgan fingerprint density at radius 2 is 2.16 bits per heavy atom. The van der Waals surface area contributed by atoms with Crippen LogP contribution < -0.4 is 10.6 Å². The highest BCUT2D eigenvalue weighted by Gasteiger charge is 2.21. The van der Waals surface area contributed by atoms with Crippen LogP contribution in [0.5, 0.6) is 0 Å². The van der Waals surface area contributed by atoms with Crippen molar-refractivity contribution in [2.24, 2.45) is 0 Å². The van der Waals surface area contributed by atoms with Gasteiger partial charge in [0.25, 0.3) is 0 Å². The molecule has 1 aliphatic heterocycles. The van der Waals surface area contributed by atoms with E-state index in [1.54, 1.807) is 12.4 Å². The van der Waals surface area contributed by atoms with Crippen molar-refractivity contribution in [1.29, 1.82) is 0 Å². The van der Waals surface area contributed by atoms with E-state index < -0.39 is 0 Å². The summed E-state index contributed by atoms with van der Waals surface area (Å²) in [5.41, 5.74) is 9.97. The second kappa shape index (κ2) is 4.98. The van der Waals surface area contributed by atoms with Gasteiger partial charge in [0, 0.05) is 30.1 Å². The molecule has 0 fully saturated rings. The Bertz CT molecular complexity index is 632. The average molecular weight is 340 g/mol. The molecule has 0 aliphatic carbocycles. The zero-order valence-corrected chi connectivity index (χ0v) is 12.4. The molecule has 3 rings (SSSR count). The smallest absolute Gasteiger partial charge is 0.116 e. The lowest BCUT2D eigenvalue weighted by atomic mass is 10.1. The summed E-state index contributed by atoms with van der Waals surface area (Å²) in [7, 11) is 0. The van der Waals surface area contributed by atoms with Crippen molar-refractivity contribution in [3.63, 3.8) is 0 Å². The molecule has 0 saturated carbocycles. The van der Waals surface area contributed by atoms with Crippen LogP contribution in [0.25, 0.3) is 0 Å². The third-order valence-electron chi connectivity index (χ3n) is 3.28. The molecule has 1 aromatic carbocycles. The summed E-state index contributed by atoms with van der Waals surface area (Å²) >= 11 is 9.42. The van der Waals surface area contributed by atoms with Gasteiger partial charge >= 0.3 is 0 Å². The molecule has 2 heterocycles. The Kier molecular flexibility index (Phi) is 3.33. The quantitative estimate of drug-likeness (QED) is 0.641. The summed E-state index contributed by atoms with van der Waals surface area (Å²) in [5.74, 6) is 0. The summed E-state index contributed by atoms with van der Waals surface area (Å²) in [4.78, 5) is 10.7. The summed E-state index contributed by atoms with van der Waals surface area (Å²) in [6.45, 7) is 1.64. The molecule has 0 unspecified atom stereocenters. The molecule has 98 valence electrons. The molecule has 0 spiro atoms. The summed E-state index contributed by atoms with van der Waals surface area (Å²) in [6.07, 6.45) is 2.48. The highest BCUT2D eigenvalue weighted by Crippen LogP contribution is 2.31. The SMILES string of the molecule is Nc1cc(Cl)ccc1N1CCc2ncnc(Br)c2C1. The van der Waals surface area contributed by atoms with Crippen LogP contribution in [-0.2, 0) is 13.0 Å². The fourth-order valence-corrected chi connectivity index (χ4v) is 2.95. The minimum atomic E-state index is 0.656. The van der Waals surface area contributed by atoms with Crippen LogP contribution in [0, 0.1) is 0 Å². The number of fused-ring (bicyclic) bond motifs is 1. The minimum absolute atomic E-state index is 0.656. The van der Waals surface area contributed by atoms with Crippen LogP contribution in [0.4, 0.5) is 11.4 Å². The number of halogens is 2. The van der Waals surface area contributed by atoms with Crippen LogP contribution in [0.1, 0.15) is 11.3 Å². The number of rotatable bonds is 1. The second-order valence-corrected chi connectivity index (χ2v) is 5.65. The van der Waals surface area contributed by atoms with Gasteiger partial charge in [0.1, 0.15) is 10.9 Å². The van der Waals surface area contributed by atoms with Gasteiger partial charge in [-0.3, -0.25) is 0 Å². The molecule has 0 saturated heterocycles. The zero-order chi connectivity index (χ0) is 13.4. The van der Waals surface area contributed by atoms with Crippen molar-refractivity contribution >= 4 is 38.9 Å². The number of nitrogen functional groups attached to an aromatic ring is 1. The van der Waals surface area contributed by atoms with E-state index in [1.807, 2.05) is 12.1 Å². The van der Waals surface area contributed by atoms with Crippen LogP contribution in [0.3, 0.4) is 0 Å². The van der Waals surface area contributed by atoms with Gasteiger partial charge in [-0.05, 0) is 34.1 Å². The van der Waals surface area contributed by atoms with Gasteiger partial charge in [0.05, 0.1) is 17.1 Å². The van der Waals surface area contributed by atoms with Crippen LogP contribution in [-0.4, -0.2) is 16.5 Å². The van der Waals surface area contributed by atoms with Crippen molar-refractivity contribution < 1.29 is 0 Å². The largest absolute Gasteiger partial charge is 0.397 e. The number of hydrogen-bond donors (Lipinski definition) is 1. The molecule has 4 nitrogen and oxygen atoms in total. The molecule has 0 amide bonds. The Morgan fingerprint density at radius 1 is 1.32 bits per heavy atom. The third kappa shape index (κ3) is 2.40. The maximum atomic E-state index is 6.04. The standard InChI is InChI=1S/C13H12BrClN4/c14-13-9-6-19(4-3-11(9)17-7-18-13)12-2-1-8(15)5-10(12)16/h1-2,5,7H,3-4,6,16H2. The molecule has 1 aliphatic rings. The lowest BCUT2D eigenvalue weighted by Crippen LogP contribution is -2.32. The average Bonchev–Trinajstić information content (AvgIpc) is 2.39. The summed E-state index contributed by atoms with van der Waals surface area (Å²) in [6, 6.07) is 5.60. The van der Waals surface area contributed by atoms with E-state index in [0.717, 1.165) is 41.1 Å². The predicted molar refractivity (Wildman–Crippen MR) is 80.4 cm³/mol. The number of anilines is 2. The van der Waals surface area contributed by atoms with E-state index in [0.29, 0.717) is 10.7 Å². The highest BCUT2D eigenvalue weighted by molar-refractivity contribution is 9.10. The molecule has 2 aromatic rings. The Labute approximate surface area is 124 Å². The van der Waals surface area contributed by atoms with Gasteiger partial charge < -0.3 is 10.6 Å². The van der Waals surface area contributed by atoms with Crippen molar-refractivity contribution in [2.45, 2.75) is 13.0 Å². The van der Waals surface area contributed by atoms with E-state index in [-0.39, 0.29) is 0 Å². The number of nitrogens with two attached hydrogens (primary N) is 1. The molecular formula is C13H12BrClN4. The Hall–Kier alpha value is -1.33. The van der Waals surface area contributed by atoms with Crippen LogP contribution >= 0.6 is 27.5 Å². The third-order valence-corrected chi connectivity index (χ3v) is 4.20. The van der Waals surface area contributed by atoms with Gasteiger partial charge in [0.2, 0.25) is 0 Å². The maximum Gasteiger partial charge on any atom is 0.116 e. The van der Waals surface area contributed by atoms with Crippen LogP contribution in [0.2, 0.25) is 5.02 Å². The lowest BCUT2D eigenvalue weighted by molar-refractivity contribution is 0.701. The normalized spacial score (nSPS) is 14.3. The molecule has 6 heteroatoms. The second-order valence-electron chi connectivity index (χ2n) is 4.46. The van der Waals surface area contributed by atoms with E-state index in [2.05, 4.69) is 30.8 Å². The summed E-state index contributed by atoms with van der Waals surface area (Å²) in [5, 5.41) is 0.656. The number of benzene rings is 1. The van der Waals surface area contributed by atoms with E-state index in [4.69, 9.17) is 17.3 Å².